The van der Waals surface area contributed by atoms with Gasteiger partial charge in [0.15, 0.2) is 5.13 Å². The van der Waals surface area contributed by atoms with E-state index in [0.717, 1.165) is 18.7 Å². The number of morpholine rings is 1. The fourth-order valence-corrected chi connectivity index (χ4v) is 4.50. The van der Waals surface area contributed by atoms with Crippen molar-refractivity contribution >= 4 is 45.0 Å². The number of alkyl halides is 3. The van der Waals surface area contributed by atoms with E-state index in [2.05, 4.69) is 14.6 Å². The molecule has 11 heteroatoms. The number of halogens is 4. The highest BCUT2D eigenvalue weighted by Crippen LogP contribution is 2.33. The third-order valence-corrected chi connectivity index (χ3v) is 6.10. The van der Waals surface area contributed by atoms with E-state index in [9.17, 15) is 18.0 Å². The van der Waals surface area contributed by atoms with E-state index in [1.54, 1.807) is 4.90 Å². The number of benzene rings is 2. The zero-order chi connectivity index (χ0) is 22.6. The number of ether oxygens (including phenoxy) is 2. The van der Waals surface area contributed by atoms with Crippen LogP contribution in [0, 0.1) is 0 Å². The van der Waals surface area contributed by atoms with Crippen LogP contribution in [0.2, 0.25) is 0 Å². The number of nitrogens with zero attached hydrogens (tertiary/aromatic N) is 3. The zero-order valence-electron chi connectivity index (χ0n) is 17.6. The molecule has 0 aliphatic carbocycles. The van der Waals surface area contributed by atoms with Gasteiger partial charge in [-0.1, -0.05) is 41.7 Å². The highest BCUT2D eigenvalue weighted by Gasteiger charge is 2.31. The number of hydrogen-bond acceptors (Lipinski definition) is 6. The van der Waals surface area contributed by atoms with Gasteiger partial charge < -0.3 is 9.47 Å². The molecule has 178 valence electrons. The topological polar surface area (TPSA) is 54.9 Å². The van der Waals surface area contributed by atoms with Crippen molar-refractivity contribution in [3.8, 4) is 5.75 Å². The Labute approximate surface area is 199 Å². The molecule has 1 saturated heterocycles. The summed E-state index contributed by atoms with van der Waals surface area (Å²) >= 11 is 1.17. The number of aromatic nitrogens is 1. The van der Waals surface area contributed by atoms with Crippen molar-refractivity contribution < 1.29 is 27.4 Å². The number of thiazole rings is 1. The molecular formula is C22H23ClF3N3O3S. The van der Waals surface area contributed by atoms with Crippen LogP contribution in [0.1, 0.15) is 5.56 Å². The highest BCUT2D eigenvalue weighted by atomic mass is 35.5. The first kappa shape index (κ1) is 25.2. The third-order valence-electron chi connectivity index (χ3n) is 5.06. The van der Waals surface area contributed by atoms with Crippen LogP contribution in [0.5, 0.6) is 5.75 Å². The quantitative estimate of drug-likeness (QED) is 0.476. The Kier molecular flexibility index (Phi) is 8.52. The molecule has 33 heavy (non-hydrogen) atoms. The summed E-state index contributed by atoms with van der Waals surface area (Å²) in [6.45, 7) is 3.97. The summed E-state index contributed by atoms with van der Waals surface area (Å²) in [5.41, 5.74) is 1.40. The van der Waals surface area contributed by atoms with Crippen molar-refractivity contribution in [2.75, 3.05) is 44.3 Å². The van der Waals surface area contributed by atoms with Crippen LogP contribution in [-0.4, -0.2) is 61.5 Å². The molecular weight excluding hydrogens is 479 g/mol. The van der Waals surface area contributed by atoms with Gasteiger partial charge in [0.1, 0.15) is 5.75 Å². The van der Waals surface area contributed by atoms with Crippen LogP contribution in [-0.2, 0) is 16.0 Å². The van der Waals surface area contributed by atoms with Gasteiger partial charge in [-0.25, -0.2) is 4.98 Å². The molecule has 1 amide bonds. The Morgan fingerprint density at radius 1 is 1.15 bits per heavy atom. The summed E-state index contributed by atoms with van der Waals surface area (Å²) in [7, 11) is 0. The van der Waals surface area contributed by atoms with Crippen molar-refractivity contribution in [3.05, 3.63) is 54.1 Å². The van der Waals surface area contributed by atoms with Gasteiger partial charge in [-0.15, -0.1) is 25.6 Å². The van der Waals surface area contributed by atoms with E-state index in [1.165, 1.54) is 29.5 Å². The number of amides is 1. The smallest absolute Gasteiger partial charge is 0.406 e. The maximum Gasteiger partial charge on any atom is 0.573 e. The average molecular weight is 502 g/mol. The molecule has 0 bridgehead atoms. The molecule has 4 rings (SSSR count). The van der Waals surface area contributed by atoms with Gasteiger partial charge in [-0.2, -0.15) is 0 Å². The molecule has 3 aromatic rings. The maximum absolute atomic E-state index is 13.2. The minimum Gasteiger partial charge on any atom is -0.406 e. The molecule has 0 spiro atoms. The van der Waals surface area contributed by atoms with Crippen molar-refractivity contribution in [1.29, 1.82) is 0 Å². The predicted molar refractivity (Wildman–Crippen MR) is 123 cm³/mol. The first-order valence-corrected chi connectivity index (χ1v) is 11.0. The third kappa shape index (κ3) is 7.04. The van der Waals surface area contributed by atoms with Gasteiger partial charge in [0.25, 0.3) is 0 Å². The van der Waals surface area contributed by atoms with Crippen LogP contribution >= 0.6 is 23.7 Å². The monoisotopic (exact) mass is 501 g/mol. The first-order valence-electron chi connectivity index (χ1n) is 10.2. The van der Waals surface area contributed by atoms with Crippen molar-refractivity contribution in [2.45, 2.75) is 12.8 Å². The largest absolute Gasteiger partial charge is 0.573 e. The van der Waals surface area contributed by atoms with E-state index in [1.807, 2.05) is 30.3 Å². The standard InChI is InChI=1S/C22H22F3N3O3S.ClH/c23-22(24,25)31-17-6-7-18-19(15-17)32-21(26-18)28(9-8-27-10-12-30-13-11-27)20(29)14-16-4-2-1-3-5-16;/h1-7,15H,8-14H2;1H. The van der Waals surface area contributed by atoms with Crippen LogP contribution in [0.15, 0.2) is 48.5 Å². The van der Waals surface area contributed by atoms with Gasteiger partial charge in [0.05, 0.1) is 29.9 Å². The molecule has 0 atom stereocenters. The lowest BCUT2D eigenvalue weighted by atomic mass is 10.1. The Hall–Kier alpha value is -2.40. The Morgan fingerprint density at radius 2 is 1.88 bits per heavy atom. The molecule has 2 heterocycles. The number of carbonyl (C=O) groups is 1. The van der Waals surface area contributed by atoms with Crippen molar-refractivity contribution in [3.63, 3.8) is 0 Å². The van der Waals surface area contributed by atoms with E-state index in [0.29, 0.717) is 41.7 Å². The van der Waals surface area contributed by atoms with E-state index in [4.69, 9.17) is 4.74 Å². The lowest BCUT2D eigenvalue weighted by Gasteiger charge is -2.29. The van der Waals surface area contributed by atoms with Crippen LogP contribution < -0.4 is 9.64 Å². The van der Waals surface area contributed by atoms with Gasteiger partial charge >= 0.3 is 6.36 Å². The van der Waals surface area contributed by atoms with E-state index < -0.39 is 6.36 Å². The second-order valence-electron chi connectivity index (χ2n) is 7.34. The second-order valence-corrected chi connectivity index (χ2v) is 8.34. The lowest BCUT2D eigenvalue weighted by Crippen LogP contribution is -2.43. The SMILES string of the molecule is Cl.O=C(Cc1ccccc1)N(CCN1CCOCC1)c1nc2ccc(OC(F)(F)F)cc2s1. The van der Waals surface area contributed by atoms with Gasteiger partial charge in [0, 0.05) is 32.2 Å². The van der Waals surface area contributed by atoms with Crippen LogP contribution in [0.4, 0.5) is 18.3 Å². The highest BCUT2D eigenvalue weighted by molar-refractivity contribution is 7.22. The van der Waals surface area contributed by atoms with E-state index >= 15 is 0 Å². The Morgan fingerprint density at radius 3 is 2.58 bits per heavy atom. The minimum absolute atomic E-state index is 0. The zero-order valence-corrected chi connectivity index (χ0v) is 19.2. The fourth-order valence-electron chi connectivity index (χ4n) is 3.46. The summed E-state index contributed by atoms with van der Waals surface area (Å²) in [6.07, 6.45) is -4.56. The molecule has 1 aliphatic heterocycles. The number of anilines is 1. The minimum atomic E-state index is -4.77. The predicted octanol–water partition coefficient (Wildman–Crippen LogP) is 4.52. The summed E-state index contributed by atoms with van der Waals surface area (Å²) in [4.78, 5) is 21.6. The summed E-state index contributed by atoms with van der Waals surface area (Å²) in [6, 6.07) is 13.4. The number of hydrogen-bond donors (Lipinski definition) is 0. The van der Waals surface area contributed by atoms with Crippen LogP contribution in [0.25, 0.3) is 10.2 Å². The molecule has 6 nitrogen and oxygen atoms in total. The normalized spacial score (nSPS) is 14.6. The number of rotatable bonds is 7. The van der Waals surface area contributed by atoms with Crippen LogP contribution in [0.3, 0.4) is 0 Å². The van der Waals surface area contributed by atoms with Gasteiger partial charge in [-0.3, -0.25) is 14.6 Å². The van der Waals surface area contributed by atoms with Gasteiger partial charge in [-0.05, 0) is 17.7 Å². The Balaban J connectivity index is 0.00000306. The number of carbonyl (C=O) groups excluding carboxylic acids is 1. The lowest BCUT2D eigenvalue weighted by molar-refractivity contribution is -0.274. The van der Waals surface area contributed by atoms with Gasteiger partial charge in [0.2, 0.25) is 5.91 Å². The molecule has 1 aromatic heterocycles. The molecule has 1 fully saturated rings. The fraction of sp³-hybridized carbons (Fsp3) is 0.364. The Bertz CT molecular complexity index is 1060. The summed E-state index contributed by atoms with van der Waals surface area (Å²) in [5, 5.41) is 0.457. The summed E-state index contributed by atoms with van der Waals surface area (Å²) < 4.78 is 47.6. The molecule has 0 unspecified atom stereocenters. The molecule has 1 aliphatic rings. The molecule has 0 N–H and O–H groups in total. The maximum atomic E-state index is 13.2. The second kappa shape index (κ2) is 11.1. The molecule has 0 saturated carbocycles. The molecule has 2 aromatic carbocycles. The van der Waals surface area contributed by atoms with Crippen molar-refractivity contribution in [1.82, 2.24) is 9.88 Å². The summed E-state index contributed by atoms with van der Waals surface area (Å²) in [5.74, 6) is -0.425. The first-order chi connectivity index (χ1) is 15.4. The van der Waals surface area contributed by atoms with Crippen molar-refractivity contribution in [2.24, 2.45) is 0 Å². The van der Waals surface area contributed by atoms with E-state index in [-0.39, 0.29) is 30.5 Å². The molecule has 0 radical (unpaired) electrons. The average Bonchev–Trinajstić information content (AvgIpc) is 3.17. The number of fused-ring (bicyclic) bond motifs is 1.